The van der Waals surface area contributed by atoms with Crippen molar-refractivity contribution >= 4 is 34.1 Å². The Labute approximate surface area is 143 Å². The third-order valence-electron chi connectivity index (χ3n) is 3.73. The van der Waals surface area contributed by atoms with E-state index in [-0.39, 0.29) is 17.0 Å². The van der Waals surface area contributed by atoms with Crippen molar-refractivity contribution in [2.24, 2.45) is 0 Å². The molecule has 0 aliphatic carbocycles. The van der Waals surface area contributed by atoms with Gasteiger partial charge in [0.1, 0.15) is 5.69 Å². The van der Waals surface area contributed by atoms with E-state index in [1.54, 1.807) is 55.5 Å². The van der Waals surface area contributed by atoms with Gasteiger partial charge in [-0.2, -0.15) is 0 Å². The first-order chi connectivity index (χ1) is 12.1. The quantitative estimate of drug-likeness (QED) is 0.684. The maximum absolute atomic E-state index is 12.4. The van der Waals surface area contributed by atoms with E-state index in [0.29, 0.717) is 28.7 Å². The zero-order valence-corrected chi connectivity index (χ0v) is 13.6. The van der Waals surface area contributed by atoms with Gasteiger partial charge in [-0.3, -0.25) is 14.4 Å². The summed E-state index contributed by atoms with van der Waals surface area (Å²) >= 11 is 0. The van der Waals surface area contributed by atoms with Crippen LogP contribution in [0, 0.1) is 0 Å². The molecule has 0 fully saturated rings. The highest BCUT2D eigenvalue weighted by atomic mass is 16.2. The van der Waals surface area contributed by atoms with Crippen molar-refractivity contribution in [3.05, 3.63) is 70.5 Å². The molecular formula is C19H17N3O3. The minimum absolute atomic E-state index is 0.0782. The molecule has 6 nitrogen and oxygen atoms in total. The van der Waals surface area contributed by atoms with Crippen molar-refractivity contribution < 1.29 is 9.59 Å². The van der Waals surface area contributed by atoms with Crippen LogP contribution in [0.15, 0.2) is 59.4 Å². The van der Waals surface area contributed by atoms with E-state index in [9.17, 15) is 14.4 Å². The minimum Gasteiger partial charge on any atom is -0.350 e. The van der Waals surface area contributed by atoms with Crippen molar-refractivity contribution in [2.45, 2.75) is 13.3 Å². The predicted molar refractivity (Wildman–Crippen MR) is 97.9 cm³/mol. The van der Waals surface area contributed by atoms with Crippen molar-refractivity contribution in [3.63, 3.8) is 0 Å². The molecule has 0 aliphatic rings. The zero-order chi connectivity index (χ0) is 17.8. The largest absolute Gasteiger partial charge is 0.350 e. The number of fused-ring (bicyclic) bond motifs is 1. The summed E-state index contributed by atoms with van der Waals surface area (Å²) in [6.07, 6.45) is 0.397. The van der Waals surface area contributed by atoms with Crippen molar-refractivity contribution in [1.29, 1.82) is 0 Å². The number of anilines is 2. The van der Waals surface area contributed by atoms with Gasteiger partial charge in [0.2, 0.25) is 5.91 Å². The number of amides is 2. The van der Waals surface area contributed by atoms with E-state index < -0.39 is 5.91 Å². The number of carbonyl (C=O) groups is 2. The molecule has 1 aromatic heterocycles. The van der Waals surface area contributed by atoms with Crippen LogP contribution in [0.3, 0.4) is 0 Å². The average molecular weight is 335 g/mol. The fourth-order valence-corrected chi connectivity index (χ4v) is 2.40. The molecule has 0 atom stereocenters. The monoisotopic (exact) mass is 335 g/mol. The van der Waals surface area contributed by atoms with Crippen LogP contribution in [-0.4, -0.2) is 16.8 Å². The van der Waals surface area contributed by atoms with Gasteiger partial charge in [-0.15, -0.1) is 0 Å². The predicted octanol–water partition coefficient (Wildman–Crippen LogP) is 3.13. The lowest BCUT2D eigenvalue weighted by molar-refractivity contribution is -0.115. The normalized spacial score (nSPS) is 10.4. The van der Waals surface area contributed by atoms with Crippen LogP contribution in [0.2, 0.25) is 0 Å². The van der Waals surface area contributed by atoms with E-state index in [2.05, 4.69) is 15.6 Å². The highest BCUT2D eigenvalue weighted by molar-refractivity contribution is 6.04. The third kappa shape index (κ3) is 3.74. The van der Waals surface area contributed by atoms with Crippen LogP contribution in [0.5, 0.6) is 0 Å². The SMILES string of the molecule is CCC(=O)Nc1ccc(NC(=O)c2cc(=O)c3ccccc3[nH]2)cc1. The molecule has 3 rings (SSSR count). The number of benzene rings is 2. The Bertz CT molecular complexity index is 991. The smallest absolute Gasteiger partial charge is 0.272 e. The van der Waals surface area contributed by atoms with Crippen LogP contribution in [0.25, 0.3) is 10.9 Å². The van der Waals surface area contributed by atoms with Crippen LogP contribution in [-0.2, 0) is 4.79 Å². The summed E-state index contributed by atoms with van der Waals surface area (Å²) in [6, 6.07) is 15.1. The van der Waals surface area contributed by atoms with Crippen LogP contribution in [0.1, 0.15) is 23.8 Å². The number of carbonyl (C=O) groups excluding carboxylic acids is 2. The maximum atomic E-state index is 12.4. The second kappa shape index (κ2) is 7.00. The number of H-pyrrole nitrogens is 1. The van der Waals surface area contributed by atoms with Gasteiger partial charge in [-0.1, -0.05) is 19.1 Å². The molecule has 25 heavy (non-hydrogen) atoms. The third-order valence-corrected chi connectivity index (χ3v) is 3.73. The van der Waals surface area contributed by atoms with E-state index in [1.807, 2.05) is 0 Å². The Hall–Kier alpha value is -3.41. The van der Waals surface area contributed by atoms with Crippen molar-refractivity contribution in [1.82, 2.24) is 4.98 Å². The topological polar surface area (TPSA) is 91.1 Å². The Morgan fingerprint density at radius 2 is 1.60 bits per heavy atom. The van der Waals surface area contributed by atoms with Gasteiger partial charge in [0.25, 0.3) is 5.91 Å². The molecular weight excluding hydrogens is 318 g/mol. The molecule has 1 heterocycles. The summed E-state index contributed by atoms with van der Waals surface area (Å²) in [5.74, 6) is -0.487. The first kappa shape index (κ1) is 16.4. The van der Waals surface area contributed by atoms with E-state index in [0.717, 1.165) is 0 Å². The molecule has 0 aliphatic heterocycles. The number of aromatic nitrogens is 1. The highest BCUT2D eigenvalue weighted by Gasteiger charge is 2.10. The Balaban J connectivity index is 1.78. The summed E-state index contributed by atoms with van der Waals surface area (Å²) in [6.45, 7) is 1.77. The Morgan fingerprint density at radius 1 is 0.960 bits per heavy atom. The summed E-state index contributed by atoms with van der Waals surface area (Å²) in [4.78, 5) is 38.8. The second-order valence-electron chi connectivity index (χ2n) is 5.53. The lowest BCUT2D eigenvalue weighted by Crippen LogP contribution is -2.17. The number of hydrogen-bond acceptors (Lipinski definition) is 3. The summed E-state index contributed by atoms with van der Waals surface area (Å²) in [5, 5.41) is 5.99. The summed E-state index contributed by atoms with van der Waals surface area (Å²) < 4.78 is 0. The summed E-state index contributed by atoms with van der Waals surface area (Å²) in [5.41, 5.74) is 1.81. The van der Waals surface area contributed by atoms with Gasteiger partial charge in [-0.05, 0) is 36.4 Å². The van der Waals surface area contributed by atoms with Crippen molar-refractivity contribution in [2.75, 3.05) is 10.6 Å². The van der Waals surface area contributed by atoms with Crippen LogP contribution in [0.4, 0.5) is 11.4 Å². The molecule has 3 N–H and O–H groups in total. The number of para-hydroxylation sites is 1. The van der Waals surface area contributed by atoms with Gasteiger partial charge in [-0.25, -0.2) is 0 Å². The lowest BCUT2D eigenvalue weighted by Gasteiger charge is -2.08. The van der Waals surface area contributed by atoms with Crippen molar-refractivity contribution in [3.8, 4) is 0 Å². The van der Waals surface area contributed by atoms with Crippen LogP contribution < -0.4 is 16.1 Å². The number of nitrogens with one attached hydrogen (secondary N) is 3. The number of rotatable bonds is 4. The molecule has 0 bridgehead atoms. The fraction of sp³-hybridized carbons (Fsp3) is 0.105. The Kier molecular flexibility index (Phi) is 4.61. The molecule has 0 radical (unpaired) electrons. The standard InChI is InChI=1S/C19H17N3O3/c1-2-18(24)20-12-7-9-13(10-8-12)21-19(25)16-11-17(23)14-5-3-4-6-15(14)22-16/h3-11H,2H2,1H3,(H,20,24)(H,21,25)(H,22,23). The van der Waals surface area contributed by atoms with E-state index >= 15 is 0 Å². The molecule has 2 aromatic carbocycles. The first-order valence-electron chi connectivity index (χ1n) is 7.90. The van der Waals surface area contributed by atoms with Gasteiger partial charge >= 0.3 is 0 Å². The molecule has 0 saturated heterocycles. The van der Waals surface area contributed by atoms with Gasteiger partial charge in [0, 0.05) is 34.8 Å². The fourth-order valence-electron chi connectivity index (χ4n) is 2.40. The molecule has 3 aromatic rings. The van der Waals surface area contributed by atoms with Crippen LogP contribution >= 0.6 is 0 Å². The maximum Gasteiger partial charge on any atom is 0.272 e. The Morgan fingerprint density at radius 3 is 2.28 bits per heavy atom. The molecule has 2 amide bonds. The average Bonchev–Trinajstić information content (AvgIpc) is 2.63. The van der Waals surface area contributed by atoms with E-state index in [1.165, 1.54) is 6.07 Å². The number of aromatic amines is 1. The summed E-state index contributed by atoms with van der Waals surface area (Å²) in [7, 11) is 0. The number of hydrogen-bond donors (Lipinski definition) is 3. The molecule has 0 saturated carbocycles. The zero-order valence-electron chi connectivity index (χ0n) is 13.6. The molecule has 6 heteroatoms. The highest BCUT2D eigenvalue weighted by Crippen LogP contribution is 2.15. The molecule has 0 unspecified atom stereocenters. The van der Waals surface area contributed by atoms with Gasteiger partial charge < -0.3 is 15.6 Å². The molecule has 0 spiro atoms. The number of pyridine rings is 1. The second-order valence-corrected chi connectivity index (χ2v) is 5.53. The van der Waals surface area contributed by atoms with Gasteiger partial charge in [0.05, 0.1) is 0 Å². The first-order valence-corrected chi connectivity index (χ1v) is 7.90. The molecule has 126 valence electrons. The van der Waals surface area contributed by atoms with Gasteiger partial charge in [0.15, 0.2) is 5.43 Å². The minimum atomic E-state index is -0.409. The van der Waals surface area contributed by atoms with E-state index in [4.69, 9.17) is 0 Å². The lowest BCUT2D eigenvalue weighted by atomic mass is 10.2.